The Hall–Kier alpha value is -4.33. The highest BCUT2D eigenvalue weighted by Gasteiger charge is 2.41. The number of ketones is 1. The summed E-state index contributed by atoms with van der Waals surface area (Å²) in [4.78, 5) is 44.3. The summed E-state index contributed by atoms with van der Waals surface area (Å²) in [6.45, 7) is 0. The Bertz CT molecular complexity index is 1350. The number of carbonyl (C=O) groups excluding carboxylic acids is 2. The number of rotatable bonds is 5. The zero-order chi connectivity index (χ0) is 25.2. The Morgan fingerprint density at radius 3 is 2.50 bits per heavy atom. The molecule has 182 valence electrons. The van der Waals surface area contributed by atoms with Crippen molar-refractivity contribution in [2.75, 3.05) is 10.2 Å². The molecule has 1 aliphatic heterocycles. The molecule has 3 aromatic rings. The average Bonchev–Trinajstić information content (AvgIpc) is 3.03. The van der Waals surface area contributed by atoms with Crippen LogP contribution >= 0.6 is 0 Å². The minimum atomic E-state index is -1.07. The molecule has 1 aromatic heterocycles. The summed E-state index contributed by atoms with van der Waals surface area (Å²) in [7, 11) is 0. The van der Waals surface area contributed by atoms with Crippen LogP contribution in [0.1, 0.15) is 48.8 Å². The fourth-order valence-electron chi connectivity index (χ4n) is 5.02. The van der Waals surface area contributed by atoms with Crippen molar-refractivity contribution < 1.29 is 23.9 Å². The van der Waals surface area contributed by atoms with Gasteiger partial charge in [-0.2, -0.15) is 0 Å². The smallest absolute Gasteiger partial charge is 0.303 e. The maximum absolute atomic E-state index is 13.8. The molecule has 0 spiro atoms. The van der Waals surface area contributed by atoms with Crippen molar-refractivity contribution in [2.24, 2.45) is 0 Å². The molecule has 2 N–H and O–H groups in total. The molecule has 0 bridgehead atoms. The Kier molecular flexibility index (Phi) is 6.33. The van der Waals surface area contributed by atoms with E-state index in [1.807, 2.05) is 18.2 Å². The van der Waals surface area contributed by atoms with E-state index in [2.05, 4.69) is 10.3 Å². The molecule has 2 heterocycles. The summed E-state index contributed by atoms with van der Waals surface area (Å²) in [5.74, 6) is -2.09. The zero-order valence-corrected chi connectivity index (χ0v) is 19.4. The van der Waals surface area contributed by atoms with Gasteiger partial charge in [0, 0.05) is 36.5 Å². The third kappa shape index (κ3) is 4.49. The first-order valence-corrected chi connectivity index (χ1v) is 11.7. The van der Waals surface area contributed by atoms with Crippen molar-refractivity contribution >= 4 is 29.0 Å². The number of nitrogens with zero attached hydrogens (tertiary/aromatic N) is 2. The number of allylic oxidation sites excluding steroid dienone is 1. The number of fused-ring (bicyclic) bond motifs is 1. The van der Waals surface area contributed by atoms with E-state index in [0.29, 0.717) is 34.6 Å². The Balaban J connectivity index is 1.66. The second kappa shape index (κ2) is 9.73. The predicted molar refractivity (Wildman–Crippen MR) is 132 cm³/mol. The van der Waals surface area contributed by atoms with E-state index in [1.54, 1.807) is 42.7 Å². The number of pyridine rings is 1. The van der Waals surface area contributed by atoms with Crippen LogP contribution in [0.4, 0.5) is 15.8 Å². The number of hydrogen-bond acceptors (Lipinski definition) is 5. The molecule has 1 aliphatic carbocycles. The number of hydrogen-bond donors (Lipinski definition) is 2. The second-order valence-corrected chi connectivity index (χ2v) is 8.96. The number of carboxylic acids is 1. The van der Waals surface area contributed by atoms with Crippen LogP contribution in [0.25, 0.3) is 0 Å². The number of carbonyl (C=O) groups is 3. The van der Waals surface area contributed by atoms with Gasteiger partial charge in [-0.05, 0) is 53.8 Å². The van der Waals surface area contributed by atoms with Gasteiger partial charge in [-0.3, -0.25) is 24.3 Å². The van der Waals surface area contributed by atoms with Crippen LogP contribution in [0.5, 0.6) is 0 Å². The summed E-state index contributed by atoms with van der Waals surface area (Å²) in [5, 5.41) is 12.6. The summed E-state index contributed by atoms with van der Waals surface area (Å²) >= 11 is 0. The summed E-state index contributed by atoms with van der Waals surface area (Å²) in [6.07, 6.45) is 3.41. The number of halogens is 1. The minimum absolute atomic E-state index is 0.129. The number of para-hydroxylation sites is 2. The van der Waals surface area contributed by atoms with Gasteiger partial charge in [-0.25, -0.2) is 4.39 Å². The van der Waals surface area contributed by atoms with Crippen LogP contribution in [0.3, 0.4) is 0 Å². The van der Waals surface area contributed by atoms with Gasteiger partial charge in [0.1, 0.15) is 5.82 Å². The van der Waals surface area contributed by atoms with E-state index in [-0.39, 0.29) is 36.8 Å². The number of benzene rings is 2. The highest BCUT2D eigenvalue weighted by atomic mass is 19.1. The lowest BCUT2D eigenvalue weighted by atomic mass is 9.78. The molecule has 5 rings (SSSR count). The molecule has 8 heteroatoms. The van der Waals surface area contributed by atoms with Crippen LogP contribution in [0, 0.1) is 5.82 Å². The maximum Gasteiger partial charge on any atom is 0.303 e. The molecule has 1 amide bonds. The normalized spacial score (nSPS) is 19.1. The van der Waals surface area contributed by atoms with Crippen LogP contribution in [-0.4, -0.2) is 27.8 Å². The van der Waals surface area contributed by atoms with Crippen molar-refractivity contribution in [1.29, 1.82) is 0 Å². The van der Waals surface area contributed by atoms with Gasteiger partial charge < -0.3 is 10.4 Å². The fourth-order valence-corrected chi connectivity index (χ4v) is 5.02. The maximum atomic E-state index is 13.8. The van der Waals surface area contributed by atoms with E-state index >= 15 is 0 Å². The van der Waals surface area contributed by atoms with Crippen LogP contribution < -0.4 is 10.2 Å². The van der Waals surface area contributed by atoms with Crippen molar-refractivity contribution in [3.63, 3.8) is 0 Å². The second-order valence-electron chi connectivity index (χ2n) is 8.96. The van der Waals surface area contributed by atoms with Crippen LogP contribution in [0.2, 0.25) is 0 Å². The third-order valence-electron chi connectivity index (χ3n) is 6.65. The van der Waals surface area contributed by atoms with Gasteiger partial charge in [-0.15, -0.1) is 0 Å². The van der Waals surface area contributed by atoms with Gasteiger partial charge in [-0.1, -0.05) is 30.3 Å². The summed E-state index contributed by atoms with van der Waals surface area (Å²) in [5.41, 5.74) is 3.87. The lowest BCUT2D eigenvalue weighted by molar-refractivity contribution is -0.138. The standard InChI is InChI=1S/C28H24FN3O4/c29-20-9-7-17(8-10-20)19-14-22-27(24(33)15-19)28(18-4-3-13-30-16-18)32(25(34)11-12-26(35)36)23-6-2-1-5-21(23)31-22/h1-10,13,16,19,28,31H,11-12,14-15H2,(H,35,36)/t19-,28-/m0/s1. The van der Waals surface area contributed by atoms with Crippen molar-refractivity contribution in [1.82, 2.24) is 4.98 Å². The highest BCUT2D eigenvalue weighted by molar-refractivity contribution is 6.06. The van der Waals surface area contributed by atoms with Gasteiger partial charge in [0.15, 0.2) is 5.78 Å². The molecule has 2 atom stereocenters. The number of carboxylic acid groups (broad SMARTS) is 1. The number of anilines is 2. The van der Waals surface area contributed by atoms with E-state index in [1.165, 1.54) is 17.0 Å². The molecule has 2 aliphatic rings. The molecule has 0 saturated carbocycles. The van der Waals surface area contributed by atoms with E-state index < -0.39 is 17.9 Å². The number of amides is 1. The van der Waals surface area contributed by atoms with Gasteiger partial charge >= 0.3 is 5.97 Å². The zero-order valence-electron chi connectivity index (χ0n) is 19.4. The SMILES string of the molecule is O=C(O)CCC(=O)N1c2ccccc2NC2=C(C(=O)C[C@@H](c3ccc(F)cc3)C2)[C@@H]1c1cccnc1. The first kappa shape index (κ1) is 23.4. The lowest BCUT2D eigenvalue weighted by Gasteiger charge is -2.35. The van der Waals surface area contributed by atoms with Gasteiger partial charge in [0.05, 0.1) is 23.8 Å². The third-order valence-corrected chi connectivity index (χ3v) is 6.65. The first-order valence-electron chi connectivity index (χ1n) is 11.7. The topological polar surface area (TPSA) is 99.6 Å². The van der Waals surface area contributed by atoms with Crippen LogP contribution in [0.15, 0.2) is 84.3 Å². The number of aromatic nitrogens is 1. The van der Waals surface area contributed by atoms with E-state index in [9.17, 15) is 23.9 Å². The summed E-state index contributed by atoms with van der Waals surface area (Å²) in [6, 6.07) is 16.2. The predicted octanol–water partition coefficient (Wildman–Crippen LogP) is 4.99. The quantitative estimate of drug-likeness (QED) is 0.529. The van der Waals surface area contributed by atoms with E-state index in [4.69, 9.17) is 0 Å². The largest absolute Gasteiger partial charge is 0.481 e. The molecule has 2 aromatic carbocycles. The minimum Gasteiger partial charge on any atom is -0.481 e. The number of nitrogens with one attached hydrogen (secondary N) is 1. The molecule has 0 saturated heterocycles. The molecule has 36 heavy (non-hydrogen) atoms. The molecular formula is C28H24FN3O4. The molecule has 7 nitrogen and oxygen atoms in total. The molecular weight excluding hydrogens is 461 g/mol. The van der Waals surface area contributed by atoms with Crippen LogP contribution in [-0.2, 0) is 14.4 Å². The molecule has 0 unspecified atom stereocenters. The Labute approximate surface area is 207 Å². The number of Topliss-reactive ketones (excluding diaryl/α,β-unsaturated/α-hetero) is 1. The Morgan fingerprint density at radius 1 is 1.00 bits per heavy atom. The highest BCUT2D eigenvalue weighted by Crippen LogP contribution is 2.47. The average molecular weight is 486 g/mol. The molecule has 0 radical (unpaired) electrons. The molecule has 0 fully saturated rings. The van der Waals surface area contributed by atoms with Crippen molar-refractivity contribution in [2.45, 2.75) is 37.6 Å². The van der Waals surface area contributed by atoms with Gasteiger partial charge in [0.2, 0.25) is 5.91 Å². The monoisotopic (exact) mass is 485 g/mol. The van der Waals surface area contributed by atoms with Crippen molar-refractivity contribution in [3.8, 4) is 0 Å². The number of aliphatic carboxylic acids is 1. The van der Waals surface area contributed by atoms with E-state index in [0.717, 1.165) is 5.56 Å². The van der Waals surface area contributed by atoms with Gasteiger partial charge in [0.25, 0.3) is 0 Å². The Morgan fingerprint density at radius 2 is 1.78 bits per heavy atom. The first-order chi connectivity index (χ1) is 17.4. The van der Waals surface area contributed by atoms with Crippen molar-refractivity contribution in [3.05, 3.63) is 101 Å². The lowest BCUT2D eigenvalue weighted by Crippen LogP contribution is -2.38. The summed E-state index contributed by atoms with van der Waals surface area (Å²) < 4.78 is 13.5. The fraction of sp³-hybridized carbons (Fsp3) is 0.214.